The molecule has 0 fully saturated rings. The van der Waals surface area contributed by atoms with Crippen LogP contribution < -0.4 is 0 Å². The molecule has 0 bridgehead atoms. The zero-order valence-electron chi connectivity index (χ0n) is 6.93. The van der Waals surface area contributed by atoms with Crippen molar-refractivity contribution in [2.45, 2.75) is 19.6 Å². The van der Waals surface area contributed by atoms with Gasteiger partial charge in [0.1, 0.15) is 0 Å². The van der Waals surface area contributed by atoms with Crippen LogP contribution in [0.5, 0.6) is 0 Å². The van der Waals surface area contributed by atoms with E-state index in [9.17, 15) is 8.71 Å². The fourth-order valence-electron chi connectivity index (χ4n) is 0.955. The average molecular weight is 168 g/mol. The first-order chi connectivity index (χ1) is 5.74. The molecule has 0 atom stereocenters. The normalized spacial score (nSPS) is 9.92. The van der Waals surface area contributed by atoms with Crippen LogP contribution >= 0.6 is 0 Å². The Hall–Kier alpha value is -0.925. The molecule has 0 aliphatic rings. The SMILES string of the molecule is CCB(F)Cc1cccnc1[18F]. The lowest BCUT2D eigenvalue weighted by molar-refractivity contribution is 0.571. The van der Waals surface area contributed by atoms with Crippen molar-refractivity contribution in [2.24, 2.45) is 0 Å². The minimum Gasteiger partial charge on any atom is -0.336 e. The summed E-state index contributed by atoms with van der Waals surface area (Å²) in [6, 6.07) is 3.17. The third-order valence-corrected chi connectivity index (χ3v) is 1.72. The van der Waals surface area contributed by atoms with Crippen molar-refractivity contribution >= 4 is 6.99 Å². The average Bonchev–Trinajstić information content (AvgIpc) is 2.09. The van der Waals surface area contributed by atoms with Gasteiger partial charge in [0.25, 0.3) is 0 Å². The van der Waals surface area contributed by atoms with E-state index >= 15 is 0 Å². The summed E-state index contributed by atoms with van der Waals surface area (Å²) in [6.45, 7) is 0.766. The molecule has 0 radical (unpaired) electrons. The van der Waals surface area contributed by atoms with Gasteiger partial charge in [-0.2, -0.15) is 4.39 Å². The van der Waals surface area contributed by atoms with E-state index in [1.807, 2.05) is 0 Å². The van der Waals surface area contributed by atoms with Crippen molar-refractivity contribution in [3.05, 3.63) is 29.8 Å². The maximum Gasteiger partial charge on any atom is 0.352 e. The second-order valence-corrected chi connectivity index (χ2v) is 2.66. The Morgan fingerprint density at radius 1 is 1.58 bits per heavy atom. The number of aromatic nitrogens is 1. The van der Waals surface area contributed by atoms with Crippen LogP contribution in [0.4, 0.5) is 8.71 Å². The molecule has 0 spiro atoms. The van der Waals surface area contributed by atoms with E-state index in [2.05, 4.69) is 4.98 Å². The highest BCUT2D eigenvalue weighted by Gasteiger charge is 2.14. The van der Waals surface area contributed by atoms with E-state index in [-0.39, 0.29) is 6.32 Å². The second kappa shape index (κ2) is 4.19. The number of rotatable bonds is 3. The Kier molecular flexibility index (Phi) is 3.20. The Bertz CT molecular complexity index is 255. The van der Waals surface area contributed by atoms with Gasteiger partial charge in [-0.15, -0.1) is 0 Å². The van der Waals surface area contributed by atoms with Gasteiger partial charge in [0.15, 0.2) is 0 Å². The van der Waals surface area contributed by atoms with Crippen molar-refractivity contribution in [3.8, 4) is 0 Å². The first-order valence-corrected chi connectivity index (χ1v) is 3.97. The molecule has 12 heavy (non-hydrogen) atoms. The quantitative estimate of drug-likeness (QED) is 0.498. The fourth-order valence-corrected chi connectivity index (χ4v) is 0.955. The van der Waals surface area contributed by atoms with Gasteiger partial charge in [-0.1, -0.05) is 13.0 Å². The van der Waals surface area contributed by atoms with Gasteiger partial charge in [-0.3, -0.25) is 0 Å². The van der Waals surface area contributed by atoms with E-state index in [4.69, 9.17) is 0 Å². The number of hydrogen-bond donors (Lipinski definition) is 0. The predicted molar refractivity (Wildman–Crippen MR) is 45.2 cm³/mol. The van der Waals surface area contributed by atoms with Gasteiger partial charge in [-0.25, -0.2) is 4.98 Å². The largest absolute Gasteiger partial charge is 0.352 e. The first kappa shape index (κ1) is 9.17. The zero-order valence-corrected chi connectivity index (χ0v) is 6.93. The molecule has 0 saturated heterocycles. The number of halogens is 2. The number of hydrogen-bond acceptors (Lipinski definition) is 1. The Labute approximate surface area is 70.9 Å². The lowest BCUT2D eigenvalue weighted by Crippen LogP contribution is -2.10. The van der Waals surface area contributed by atoms with Gasteiger partial charge in [0.2, 0.25) is 5.95 Å². The van der Waals surface area contributed by atoms with Gasteiger partial charge in [-0.05, 0) is 18.7 Å². The highest BCUT2D eigenvalue weighted by molar-refractivity contribution is 6.50. The summed E-state index contributed by atoms with van der Waals surface area (Å²) in [5.74, 6) is -0.561. The van der Waals surface area contributed by atoms with Crippen LogP contribution in [0, 0.1) is 5.95 Å². The van der Waals surface area contributed by atoms with Crippen LogP contribution in [-0.4, -0.2) is 12.0 Å². The van der Waals surface area contributed by atoms with Gasteiger partial charge < -0.3 is 4.32 Å². The molecule has 0 aromatic carbocycles. The Morgan fingerprint density at radius 2 is 2.33 bits per heavy atom. The molecule has 4 heteroatoms. The minimum atomic E-state index is -0.969. The molecule has 0 aliphatic heterocycles. The maximum atomic E-state index is 12.8. The Balaban J connectivity index is 2.69. The Morgan fingerprint density at radius 3 is 2.92 bits per heavy atom. The predicted octanol–water partition coefficient (Wildman–Crippen LogP) is 2.28. The van der Waals surface area contributed by atoms with Crippen molar-refractivity contribution in [1.29, 1.82) is 0 Å². The van der Waals surface area contributed by atoms with E-state index in [0.29, 0.717) is 11.9 Å². The van der Waals surface area contributed by atoms with Crippen LogP contribution in [-0.2, 0) is 6.32 Å². The molecular formula is C8H10BF2N. The highest BCUT2D eigenvalue weighted by atomic mass is 19.1. The molecule has 64 valence electrons. The molecule has 0 saturated carbocycles. The van der Waals surface area contributed by atoms with Crippen LogP contribution in [0.3, 0.4) is 0 Å². The molecule has 1 aromatic rings. The molecule has 1 nitrogen and oxygen atoms in total. The van der Waals surface area contributed by atoms with Crippen LogP contribution in [0.1, 0.15) is 12.5 Å². The summed E-state index contributed by atoms with van der Waals surface area (Å²) in [4.78, 5) is 3.43. The van der Waals surface area contributed by atoms with E-state index in [1.165, 1.54) is 6.20 Å². The molecule has 0 N–H and O–H groups in total. The molecule has 1 aromatic heterocycles. The van der Waals surface area contributed by atoms with Crippen molar-refractivity contribution in [1.82, 2.24) is 4.98 Å². The number of nitrogens with zero attached hydrogens (tertiary/aromatic N) is 1. The van der Waals surface area contributed by atoms with E-state index in [1.54, 1.807) is 19.1 Å². The van der Waals surface area contributed by atoms with Gasteiger partial charge in [0.05, 0.1) is 0 Å². The number of pyridine rings is 1. The highest BCUT2D eigenvalue weighted by Crippen LogP contribution is 2.08. The summed E-state index contributed by atoms with van der Waals surface area (Å²) >= 11 is 0. The smallest absolute Gasteiger partial charge is 0.336 e. The topological polar surface area (TPSA) is 12.9 Å². The molecule has 0 unspecified atom stereocenters. The van der Waals surface area contributed by atoms with Crippen LogP contribution in [0.2, 0.25) is 6.32 Å². The fraction of sp³-hybridized carbons (Fsp3) is 0.375. The summed E-state index contributed by atoms with van der Waals surface area (Å²) < 4.78 is 25.6. The third-order valence-electron chi connectivity index (χ3n) is 1.72. The van der Waals surface area contributed by atoms with Gasteiger partial charge >= 0.3 is 6.99 Å². The third kappa shape index (κ3) is 2.29. The molecule has 0 amide bonds. The monoisotopic (exact) mass is 168 g/mol. The first-order valence-electron chi connectivity index (χ1n) is 3.97. The molecular weight excluding hydrogens is 158 g/mol. The summed E-state index contributed by atoms with van der Waals surface area (Å²) in [5, 5.41) is 0. The standard InChI is InChI=1S/C8H10BF2N/c1-2-9(11)6-7-4-3-5-12-8(7)10/h3-5H,2,6H2,1H3/i10-1. The van der Waals surface area contributed by atoms with Crippen LogP contribution in [0.25, 0.3) is 0 Å². The van der Waals surface area contributed by atoms with E-state index in [0.717, 1.165) is 0 Å². The lowest BCUT2D eigenvalue weighted by Gasteiger charge is -2.01. The van der Waals surface area contributed by atoms with Crippen LogP contribution in [0.15, 0.2) is 18.3 Å². The molecule has 1 heterocycles. The second-order valence-electron chi connectivity index (χ2n) is 2.66. The molecule has 1 rings (SSSR count). The lowest BCUT2D eigenvalue weighted by atomic mass is 9.64. The minimum absolute atomic E-state index is 0.121. The zero-order chi connectivity index (χ0) is 8.97. The summed E-state index contributed by atoms with van der Waals surface area (Å²) in [6.07, 6.45) is 1.89. The van der Waals surface area contributed by atoms with Crippen molar-refractivity contribution in [3.63, 3.8) is 0 Å². The maximum absolute atomic E-state index is 12.8. The van der Waals surface area contributed by atoms with Gasteiger partial charge in [0, 0.05) is 11.8 Å². The summed E-state index contributed by atoms with van der Waals surface area (Å²) in [7, 11) is 0. The van der Waals surface area contributed by atoms with Crippen molar-refractivity contribution < 1.29 is 8.71 Å². The summed E-state index contributed by atoms with van der Waals surface area (Å²) in [5.41, 5.74) is 0.354. The molecule has 0 aliphatic carbocycles. The van der Waals surface area contributed by atoms with E-state index < -0.39 is 12.9 Å². The van der Waals surface area contributed by atoms with Crippen molar-refractivity contribution in [2.75, 3.05) is 0 Å².